The Hall–Kier alpha value is -2.04. The SMILES string of the molecule is CC1CC(C)N(C(=O)COc2nc3ccccc3o2)C(C)C1. The van der Waals surface area contributed by atoms with Gasteiger partial charge in [-0.3, -0.25) is 4.79 Å². The van der Waals surface area contributed by atoms with Gasteiger partial charge in [-0.05, 0) is 44.7 Å². The number of carbonyl (C=O) groups is 1. The molecule has 1 aromatic heterocycles. The molecule has 2 unspecified atom stereocenters. The van der Waals surface area contributed by atoms with Crippen molar-refractivity contribution >= 4 is 17.0 Å². The van der Waals surface area contributed by atoms with Crippen LogP contribution in [-0.4, -0.2) is 34.5 Å². The quantitative estimate of drug-likeness (QED) is 0.873. The molecule has 2 atom stereocenters. The van der Waals surface area contributed by atoms with E-state index >= 15 is 0 Å². The van der Waals surface area contributed by atoms with E-state index in [-0.39, 0.29) is 30.7 Å². The predicted molar refractivity (Wildman–Crippen MR) is 83.7 cm³/mol. The molecule has 0 N–H and O–H groups in total. The maximum atomic E-state index is 12.4. The number of ether oxygens (including phenoxy) is 1. The Kier molecular flexibility index (Phi) is 4.05. The van der Waals surface area contributed by atoms with E-state index < -0.39 is 0 Å². The second-order valence-corrected chi connectivity index (χ2v) is 6.31. The average Bonchev–Trinajstić information content (AvgIpc) is 2.86. The fraction of sp³-hybridized carbons (Fsp3) is 0.529. The molecule has 0 aliphatic carbocycles. The summed E-state index contributed by atoms with van der Waals surface area (Å²) in [6.45, 7) is 6.41. The molecule has 1 saturated heterocycles. The van der Waals surface area contributed by atoms with Crippen LogP contribution in [0.2, 0.25) is 0 Å². The molecule has 1 aliphatic rings. The smallest absolute Gasteiger partial charge is 0.395 e. The summed E-state index contributed by atoms with van der Waals surface area (Å²) in [5.74, 6) is 0.654. The lowest BCUT2D eigenvalue weighted by molar-refractivity contribution is -0.140. The first-order valence-electron chi connectivity index (χ1n) is 7.84. The molecule has 1 amide bonds. The number of amides is 1. The second-order valence-electron chi connectivity index (χ2n) is 6.31. The number of nitrogens with zero attached hydrogens (tertiary/aromatic N) is 2. The Morgan fingerprint density at radius 3 is 2.64 bits per heavy atom. The maximum absolute atomic E-state index is 12.4. The van der Waals surface area contributed by atoms with Gasteiger partial charge in [0.05, 0.1) is 0 Å². The molecule has 1 aliphatic heterocycles. The lowest BCUT2D eigenvalue weighted by Crippen LogP contribution is -2.51. The Morgan fingerprint density at radius 2 is 1.95 bits per heavy atom. The molecule has 5 heteroatoms. The van der Waals surface area contributed by atoms with Gasteiger partial charge in [-0.15, -0.1) is 0 Å². The third kappa shape index (κ3) is 2.93. The first-order chi connectivity index (χ1) is 10.5. The van der Waals surface area contributed by atoms with E-state index in [0.717, 1.165) is 18.4 Å². The Morgan fingerprint density at radius 1 is 1.27 bits per heavy atom. The van der Waals surface area contributed by atoms with E-state index in [4.69, 9.17) is 9.15 Å². The van der Waals surface area contributed by atoms with Gasteiger partial charge >= 0.3 is 6.08 Å². The Balaban J connectivity index is 1.64. The molecular formula is C17H22N2O3. The summed E-state index contributed by atoms with van der Waals surface area (Å²) in [6.07, 6.45) is 2.23. The van der Waals surface area contributed by atoms with Crippen LogP contribution in [0.25, 0.3) is 11.1 Å². The van der Waals surface area contributed by atoms with Crippen LogP contribution in [0.1, 0.15) is 33.6 Å². The van der Waals surface area contributed by atoms with Crippen molar-refractivity contribution in [2.24, 2.45) is 5.92 Å². The third-order valence-corrected chi connectivity index (χ3v) is 4.32. The average molecular weight is 302 g/mol. The van der Waals surface area contributed by atoms with E-state index in [1.165, 1.54) is 0 Å². The summed E-state index contributed by atoms with van der Waals surface area (Å²) in [5, 5.41) is 0. The Bertz CT molecular complexity index is 622. The fourth-order valence-electron chi connectivity index (χ4n) is 3.52. The lowest BCUT2D eigenvalue weighted by Gasteiger charge is -2.41. The van der Waals surface area contributed by atoms with Gasteiger partial charge < -0.3 is 14.1 Å². The molecule has 5 nitrogen and oxygen atoms in total. The fourth-order valence-corrected chi connectivity index (χ4v) is 3.52. The van der Waals surface area contributed by atoms with Crippen LogP contribution in [0.5, 0.6) is 6.08 Å². The number of fused-ring (bicyclic) bond motifs is 1. The lowest BCUT2D eigenvalue weighted by atomic mass is 9.88. The molecular weight excluding hydrogens is 280 g/mol. The van der Waals surface area contributed by atoms with Crippen LogP contribution in [0.4, 0.5) is 0 Å². The van der Waals surface area contributed by atoms with Gasteiger partial charge in [0.2, 0.25) is 0 Å². The van der Waals surface area contributed by atoms with Gasteiger partial charge in [0.15, 0.2) is 12.2 Å². The molecule has 0 bridgehead atoms. The summed E-state index contributed by atoms with van der Waals surface area (Å²) >= 11 is 0. The highest BCUT2D eigenvalue weighted by molar-refractivity contribution is 5.78. The summed E-state index contributed by atoms with van der Waals surface area (Å²) in [5.41, 5.74) is 1.40. The minimum atomic E-state index is -0.0319. The highest BCUT2D eigenvalue weighted by Crippen LogP contribution is 2.27. The van der Waals surface area contributed by atoms with Gasteiger partial charge in [-0.2, -0.15) is 4.98 Å². The van der Waals surface area contributed by atoms with Gasteiger partial charge in [0.25, 0.3) is 5.91 Å². The first-order valence-corrected chi connectivity index (χ1v) is 7.84. The number of oxazole rings is 1. The number of aromatic nitrogens is 1. The highest BCUT2D eigenvalue weighted by Gasteiger charge is 2.32. The molecule has 118 valence electrons. The highest BCUT2D eigenvalue weighted by atomic mass is 16.6. The number of benzene rings is 1. The van der Waals surface area contributed by atoms with Gasteiger partial charge in [-0.1, -0.05) is 19.1 Å². The van der Waals surface area contributed by atoms with Crippen LogP contribution >= 0.6 is 0 Å². The zero-order valence-corrected chi connectivity index (χ0v) is 13.3. The van der Waals surface area contributed by atoms with Crippen molar-refractivity contribution < 1.29 is 13.9 Å². The van der Waals surface area contributed by atoms with Gasteiger partial charge in [0, 0.05) is 12.1 Å². The predicted octanol–water partition coefficient (Wildman–Crippen LogP) is 3.24. The molecule has 3 rings (SSSR count). The minimum Gasteiger partial charge on any atom is -0.440 e. The number of para-hydroxylation sites is 2. The van der Waals surface area contributed by atoms with Crippen LogP contribution in [0.15, 0.2) is 28.7 Å². The van der Waals surface area contributed by atoms with E-state index in [9.17, 15) is 4.79 Å². The molecule has 0 saturated carbocycles. The minimum absolute atomic E-state index is 0.00541. The van der Waals surface area contributed by atoms with Gasteiger partial charge in [0.1, 0.15) is 5.52 Å². The number of hydrogen-bond donors (Lipinski definition) is 0. The first kappa shape index (κ1) is 14.9. The number of likely N-dealkylation sites (tertiary alicyclic amines) is 1. The van der Waals surface area contributed by atoms with E-state index in [1.807, 2.05) is 29.2 Å². The molecule has 0 radical (unpaired) electrons. The van der Waals surface area contributed by atoms with Crippen LogP contribution in [0, 0.1) is 5.92 Å². The number of rotatable bonds is 3. The van der Waals surface area contributed by atoms with Crippen LogP contribution < -0.4 is 4.74 Å². The largest absolute Gasteiger partial charge is 0.440 e. The number of piperidine rings is 1. The van der Waals surface area contributed by atoms with E-state index in [0.29, 0.717) is 11.5 Å². The standard InChI is InChI=1S/C17H22N2O3/c1-11-8-12(2)19(13(3)9-11)16(20)10-21-17-18-14-6-4-5-7-15(14)22-17/h4-7,11-13H,8-10H2,1-3H3. The summed E-state index contributed by atoms with van der Waals surface area (Å²) < 4.78 is 10.9. The van der Waals surface area contributed by atoms with E-state index in [1.54, 1.807) is 0 Å². The number of hydrogen-bond acceptors (Lipinski definition) is 4. The van der Waals surface area contributed by atoms with E-state index in [2.05, 4.69) is 25.8 Å². The van der Waals surface area contributed by atoms with Crippen LogP contribution in [-0.2, 0) is 4.79 Å². The summed E-state index contributed by atoms with van der Waals surface area (Å²) in [6, 6.07) is 7.94. The summed E-state index contributed by atoms with van der Waals surface area (Å²) in [4.78, 5) is 18.6. The molecule has 2 aromatic rings. The molecule has 22 heavy (non-hydrogen) atoms. The number of carbonyl (C=O) groups excluding carboxylic acids is 1. The zero-order valence-electron chi connectivity index (χ0n) is 13.3. The van der Waals surface area contributed by atoms with Crippen molar-refractivity contribution in [2.45, 2.75) is 45.7 Å². The maximum Gasteiger partial charge on any atom is 0.395 e. The van der Waals surface area contributed by atoms with Crippen molar-refractivity contribution in [3.05, 3.63) is 24.3 Å². The molecule has 1 fully saturated rings. The second kappa shape index (κ2) is 5.99. The van der Waals surface area contributed by atoms with Crippen molar-refractivity contribution in [3.8, 4) is 6.08 Å². The van der Waals surface area contributed by atoms with Crippen molar-refractivity contribution in [3.63, 3.8) is 0 Å². The molecule has 1 aromatic carbocycles. The zero-order chi connectivity index (χ0) is 15.7. The monoisotopic (exact) mass is 302 g/mol. The van der Waals surface area contributed by atoms with Crippen molar-refractivity contribution in [1.29, 1.82) is 0 Å². The normalized spacial score (nSPS) is 25.4. The van der Waals surface area contributed by atoms with Gasteiger partial charge in [-0.25, -0.2) is 0 Å². The Labute approximate surface area is 130 Å². The van der Waals surface area contributed by atoms with Crippen molar-refractivity contribution in [2.75, 3.05) is 6.61 Å². The molecule has 2 heterocycles. The summed E-state index contributed by atoms with van der Waals surface area (Å²) in [7, 11) is 0. The third-order valence-electron chi connectivity index (χ3n) is 4.32. The topological polar surface area (TPSA) is 55.6 Å². The van der Waals surface area contributed by atoms with Crippen molar-refractivity contribution in [1.82, 2.24) is 9.88 Å². The molecule has 0 spiro atoms. The van der Waals surface area contributed by atoms with Crippen LogP contribution in [0.3, 0.4) is 0 Å².